The Hall–Kier alpha value is -2.79. The molecule has 0 saturated heterocycles. The molecule has 0 aliphatic carbocycles. The van der Waals surface area contributed by atoms with Crippen molar-refractivity contribution in [2.45, 2.75) is 18.4 Å². The molecule has 32 heavy (non-hydrogen) atoms. The second-order valence-corrected chi connectivity index (χ2v) is 8.77. The van der Waals surface area contributed by atoms with Crippen molar-refractivity contribution in [2.24, 2.45) is 5.73 Å². The van der Waals surface area contributed by atoms with Crippen LogP contribution in [0.2, 0.25) is 0 Å². The number of hydrogen-bond donors (Lipinski definition) is 1. The van der Waals surface area contributed by atoms with Gasteiger partial charge < -0.3 is 15.2 Å². The van der Waals surface area contributed by atoms with Crippen molar-refractivity contribution in [3.8, 4) is 5.75 Å². The van der Waals surface area contributed by atoms with Gasteiger partial charge in [-0.15, -0.1) is 0 Å². The van der Waals surface area contributed by atoms with E-state index in [1.165, 1.54) is 31.4 Å². The van der Waals surface area contributed by atoms with E-state index in [0.29, 0.717) is 13.8 Å². The van der Waals surface area contributed by atoms with Gasteiger partial charge in [-0.05, 0) is 45.8 Å². The molecule has 0 aromatic heterocycles. The number of fused-ring (bicyclic) bond motifs is 1. The number of carbonyl (C=O) groups excluding carboxylic acids is 4. The quantitative estimate of drug-likeness (QED) is 0.324. The van der Waals surface area contributed by atoms with Crippen LogP contribution in [0.3, 0.4) is 0 Å². The van der Waals surface area contributed by atoms with E-state index in [2.05, 4.69) is 31.9 Å². The Morgan fingerprint density at radius 2 is 1.84 bits per heavy atom. The molecule has 3 rings (SSSR count). The first-order valence-corrected chi connectivity index (χ1v) is 10.7. The highest BCUT2D eigenvalue weighted by Crippen LogP contribution is 2.43. The van der Waals surface area contributed by atoms with E-state index in [1.807, 2.05) is 0 Å². The van der Waals surface area contributed by atoms with Gasteiger partial charge in [0, 0.05) is 15.6 Å². The highest BCUT2D eigenvalue weighted by Gasteiger charge is 2.58. The molecular formula is C21H17Br2FN2O6. The van der Waals surface area contributed by atoms with Gasteiger partial charge in [0.2, 0.25) is 5.91 Å². The molecule has 0 radical (unpaired) electrons. The molecule has 1 heterocycles. The lowest BCUT2D eigenvalue weighted by atomic mass is 9.71. The van der Waals surface area contributed by atoms with Gasteiger partial charge >= 0.3 is 5.97 Å². The summed E-state index contributed by atoms with van der Waals surface area (Å²) in [6, 6.07) is 6.80. The van der Waals surface area contributed by atoms with E-state index in [1.54, 1.807) is 6.07 Å². The molecule has 0 fully saturated rings. The Labute approximate surface area is 199 Å². The van der Waals surface area contributed by atoms with Crippen LogP contribution < -0.4 is 10.5 Å². The number of nitrogens with two attached hydrogens (primary N) is 1. The molecule has 0 spiro atoms. The number of methoxy groups -OCH3 is 2. The smallest absolute Gasteiger partial charge is 0.326 e. The fourth-order valence-electron chi connectivity index (χ4n) is 3.66. The van der Waals surface area contributed by atoms with Gasteiger partial charge in [0.05, 0.1) is 31.7 Å². The lowest BCUT2D eigenvalue weighted by Gasteiger charge is -2.39. The molecule has 168 valence electrons. The molecule has 1 aliphatic heterocycles. The number of primary amides is 1. The molecule has 3 amide bonds. The molecule has 1 unspecified atom stereocenters. The molecular weight excluding hydrogens is 555 g/mol. The summed E-state index contributed by atoms with van der Waals surface area (Å²) in [5, 5.41) is 0. The van der Waals surface area contributed by atoms with E-state index in [0.717, 1.165) is 7.11 Å². The Balaban J connectivity index is 2.29. The van der Waals surface area contributed by atoms with Crippen molar-refractivity contribution >= 4 is 55.6 Å². The summed E-state index contributed by atoms with van der Waals surface area (Å²) in [5.74, 6) is -4.29. The van der Waals surface area contributed by atoms with Crippen molar-refractivity contribution in [1.29, 1.82) is 0 Å². The van der Waals surface area contributed by atoms with E-state index in [9.17, 15) is 23.6 Å². The summed E-state index contributed by atoms with van der Waals surface area (Å²) >= 11 is 6.41. The number of nitrogens with zero attached hydrogens (tertiary/aromatic N) is 1. The number of amides is 3. The van der Waals surface area contributed by atoms with Crippen molar-refractivity contribution in [2.75, 3.05) is 14.2 Å². The zero-order valence-corrected chi connectivity index (χ0v) is 20.1. The van der Waals surface area contributed by atoms with Gasteiger partial charge in [-0.2, -0.15) is 0 Å². The van der Waals surface area contributed by atoms with Crippen LogP contribution in [0.25, 0.3) is 0 Å². The summed E-state index contributed by atoms with van der Waals surface area (Å²) in [7, 11) is 2.42. The maximum Gasteiger partial charge on any atom is 0.326 e. The standard InChI is InChI=1S/C21H17Br2FN2O6/c1-31-16-6-12-13(7-14(16)23)21(8-17(25)27,20(30)32-2)19(29)26(18(12)28)9-10-3-4-11(22)5-15(10)24/h3-7H,8-9H2,1-2H3,(H2,25,27). The molecule has 1 aliphatic rings. The highest BCUT2D eigenvalue weighted by molar-refractivity contribution is 9.10. The Kier molecular flexibility index (Phi) is 6.70. The monoisotopic (exact) mass is 570 g/mol. The highest BCUT2D eigenvalue weighted by atomic mass is 79.9. The predicted octanol–water partition coefficient (Wildman–Crippen LogP) is 2.83. The molecule has 11 heteroatoms. The third-order valence-electron chi connectivity index (χ3n) is 5.15. The average Bonchev–Trinajstić information content (AvgIpc) is 2.74. The van der Waals surface area contributed by atoms with Gasteiger partial charge in [-0.25, -0.2) is 4.39 Å². The van der Waals surface area contributed by atoms with Gasteiger partial charge in [0.25, 0.3) is 11.8 Å². The maximum absolute atomic E-state index is 14.5. The summed E-state index contributed by atoms with van der Waals surface area (Å²) < 4.78 is 25.4. The molecule has 0 saturated carbocycles. The summed E-state index contributed by atoms with van der Waals surface area (Å²) in [6.45, 7) is -0.480. The third kappa shape index (κ3) is 3.90. The largest absolute Gasteiger partial charge is 0.496 e. The van der Waals surface area contributed by atoms with Crippen molar-refractivity contribution < 1.29 is 33.0 Å². The van der Waals surface area contributed by atoms with Gasteiger partial charge in [-0.3, -0.25) is 24.1 Å². The number of carbonyl (C=O) groups is 4. The minimum absolute atomic E-state index is 0.0280. The normalized spacial score (nSPS) is 17.7. The summed E-state index contributed by atoms with van der Waals surface area (Å²) in [4.78, 5) is 52.6. The van der Waals surface area contributed by atoms with E-state index >= 15 is 0 Å². The number of benzene rings is 2. The number of ether oxygens (including phenoxy) is 2. The van der Waals surface area contributed by atoms with E-state index < -0.39 is 47.9 Å². The fraction of sp³-hybridized carbons (Fsp3) is 0.238. The Morgan fingerprint density at radius 1 is 1.16 bits per heavy atom. The maximum atomic E-state index is 14.5. The molecule has 2 aromatic rings. The van der Waals surface area contributed by atoms with Crippen LogP contribution in [-0.4, -0.2) is 42.8 Å². The second kappa shape index (κ2) is 8.99. The van der Waals surface area contributed by atoms with Gasteiger partial charge in [-0.1, -0.05) is 22.0 Å². The first-order valence-electron chi connectivity index (χ1n) is 9.11. The lowest BCUT2D eigenvalue weighted by molar-refractivity contribution is -0.158. The lowest BCUT2D eigenvalue weighted by Crippen LogP contribution is -2.59. The predicted molar refractivity (Wildman–Crippen MR) is 117 cm³/mol. The van der Waals surface area contributed by atoms with Crippen LogP contribution in [0, 0.1) is 5.82 Å². The van der Waals surface area contributed by atoms with Crippen LogP contribution in [0.1, 0.15) is 27.9 Å². The Bertz CT molecular complexity index is 1160. The average molecular weight is 572 g/mol. The van der Waals surface area contributed by atoms with Crippen LogP contribution in [0.5, 0.6) is 5.75 Å². The summed E-state index contributed by atoms with van der Waals surface area (Å²) in [5.41, 5.74) is 3.05. The molecule has 1 atom stereocenters. The second-order valence-electron chi connectivity index (χ2n) is 7.00. The van der Waals surface area contributed by atoms with Crippen LogP contribution in [0.4, 0.5) is 4.39 Å². The number of esters is 1. The number of rotatable bonds is 6. The zero-order chi connectivity index (χ0) is 23.8. The van der Waals surface area contributed by atoms with Gasteiger partial charge in [0.1, 0.15) is 11.6 Å². The molecule has 8 nitrogen and oxygen atoms in total. The number of hydrogen-bond acceptors (Lipinski definition) is 6. The first-order chi connectivity index (χ1) is 15.1. The first kappa shape index (κ1) is 23.9. The van der Waals surface area contributed by atoms with Crippen molar-refractivity contribution in [3.05, 3.63) is 61.8 Å². The molecule has 0 bridgehead atoms. The SMILES string of the molecule is COC(=O)C1(CC(N)=O)C(=O)N(Cc2ccc(Br)cc2F)C(=O)c2cc(OC)c(Br)cc21. The minimum Gasteiger partial charge on any atom is -0.496 e. The van der Waals surface area contributed by atoms with E-state index in [-0.39, 0.29) is 22.4 Å². The van der Waals surface area contributed by atoms with Crippen LogP contribution in [-0.2, 0) is 31.1 Å². The Morgan fingerprint density at radius 3 is 2.41 bits per heavy atom. The minimum atomic E-state index is -2.23. The molecule has 2 aromatic carbocycles. The topological polar surface area (TPSA) is 116 Å². The fourth-order valence-corrected chi connectivity index (χ4v) is 4.50. The number of imide groups is 1. The van der Waals surface area contributed by atoms with Crippen LogP contribution >= 0.6 is 31.9 Å². The third-order valence-corrected chi connectivity index (χ3v) is 6.27. The molecule has 2 N–H and O–H groups in total. The van der Waals surface area contributed by atoms with E-state index in [4.69, 9.17) is 15.2 Å². The van der Waals surface area contributed by atoms with Gasteiger partial charge in [0.15, 0.2) is 5.41 Å². The zero-order valence-electron chi connectivity index (χ0n) is 16.9. The summed E-state index contributed by atoms with van der Waals surface area (Å²) in [6.07, 6.45) is -0.753. The van der Waals surface area contributed by atoms with Crippen molar-refractivity contribution in [1.82, 2.24) is 4.90 Å². The van der Waals surface area contributed by atoms with Crippen LogP contribution in [0.15, 0.2) is 39.3 Å². The van der Waals surface area contributed by atoms with Crippen molar-refractivity contribution in [3.63, 3.8) is 0 Å². The number of halogens is 3.